The molecule has 290 valence electrons. The van der Waals surface area contributed by atoms with Gasteiger partial charge in [0.15, 0.2) is 0 Å². The number of hydrogen-bond acceptors (Lipinski definition) is 10. The molecule has 4 amide bonds. The SMILES string of the molecule is CC[C@H](C)[C@H](NC(=O)[C@H](Cc1ccc(O)cc1)NC(=O)[C@@H]1CCCN1C(=O)C(CCCNCCNCCN)N=[N+]=[N-])C(=O)N[C@@H](CC(C)C)C(=O)O. The van der Waals surface area contributed by atoms with Crippen LogP contribution in [0.25, 0.3) is 10.4 Å². The summed E-state index contributed by atoms with van der Waals surface area (Å²) in [4.78, 5) is 71.0. The molecule has 1 saturated heterocycles. The van der Waals surface area contributed by atoms with Gasteiger partial charge in [0.1, 0.15) is 36.0 Å². The van der Waals surface area contributed by atoms with E-state index in [4.69, 9.17) is 5.73 Å². The Balaban J connectivity index is 2.23. The predicted octanol–water partition coefficient (Wildman–Crippen LogP) is 1.15. The highest BCUT2D eigenvalue weighted by Gasteiger charge is 2.39. The predicted molar refractivity (Wildman–Crippen MR) is 196 cm³/mol. The zero-order valence-electron chi connectivity index (χ0n) is 30.8. The fourth-order valence-corrected chi connectivity index (χ4v) is 5.99. The van der Waals surface area contributed by atoms with Crippen molar-refractivity contribution < 1.29 is 34.2 Å². The van der Waals surface area contributed by atoms with Crippen molar-refractivity contribution in [2.45, 2.75) is 103 Å². The molecule has 1 aromatic rings. The Morgan fingerprint density at radius 3 is 2.25 bits per heavy atom. The van der Waals surface area contributed by atoms with Crippen LogP contribution in [0.5, 0.6) is 5.75 Å². The topological polar surface area (TPSA) is 264 Å². The number of likely N-dealkylation sites (tertiary alicyclic amines) is 1. The molecule has 17 heteroatoms. The van der Waals surface area contributed by atoms with Crippen molar-refractivity contribution in [3.05, 3.63) is 40.3 Å². The Morgan fingerprint density at radius 1 is 0.981 bits per heavy atom. The molecule has 1 heterocycles. The van der Waals surface area contributed by atoms with E-state index < -0.39 is 59.8 Å². The van der Waals surface area contributed by atoms with Gasteiger partial charge in [-0.2, -0.15) is 0 Å². The maximum absolute atomic E-state index is 13.9. The first kappa shape index (κ1) is 43.7. The molecule has 0 spiro atoms. The van der Waals surface area contributed by atoms with Crippen LogP contribution in [0.2, 0.25) is 0 Å². The zero-order chi connectivity index (χ0) is 38.6. The number of nitrogens with two attached hydrogens (primary N) is 1. The van der Waals surface area contributed by atoms with Crippen LogP contribution in [0.3, 0.4) is 0 Å². The van der Waals surface area contributed by atoms with Crippen molar-refractivity contribution in [1.82, 2.24) is 31.5 Å². The van der Waals surface area contributed by atoms with E-state index in [1.54, 1.807) is 19.1 Å². The van der Waals surface area contributed by atoms with Crippen molar-refractivity contribution in [3.8, 4) is 5.75 Å². The fourth-order valence-electron chi connectivity index (χ4n) is 5.99. The minimum absolute atomic E-state index is 0.00540. The number of aromatic hydroxyl groups is 1. The number of phenols is 1. The molecule has 1 unspecified atom stereocenters. The van der Waals surface area contributed by atoms with Gasteiger partial charge in [-0.1, -0.05) is 51.4 Å². The summed E-state index contributed by atoms with van der Waals surface area (Å²) in [5.74, 6) is -3.94. The average Bonchev–Trinajstić information content (AvgIpc) is 3.61. The Morgan fingerprint density at radius 2 is 1.65 bits per heavy atom. The monoisotopic (exact) mass is 730 g/mol. The third kappa shape index (κ3) is 14.7. The van der Waals surface area contributed by atoms with E-state index in [1.165, 1.54) is 17.0 Å². The van der Waals surface area contributed by atoms with Gasteiger partial charge in [-0.15, -0.1) is 0 Å². The van der Waals surface area contributed by atoms with Crippen LogP contribution in [0.15, 0.2) is 29.4 Å². The lowest BCUT2D eigenvalue weighted by atomic mass is 9.96. The zero-order valence-corrected chi connectivity index (χ0v) is 30.8. The highest BCUT2D eigenvalue weighted by Crippen LogP contribution is 2.22. The summed E-state index contributed by atoms with van der Waals surface area (Å²) in [5, 5.41) is 37.8. The van der Waals surface area contributed by atoms with Gasteiger partial charge in [0.2, 0.25) is 23.6 Å². The van der Waals surface area contributed by atoms with Crippen molar-refractivity contribution in [2.75, 3.05) is 39.3 Å². The van der Waals surface area contributed by atoms with E-state index in [1.807, 2.05) is 20.8 Å². The summed E-state index contributed by atoms with van der Waals surface area (Å²) in [6.07, 6.45) is 2.37. The molecule has 0 radical (unpaired) electrons. The van der Waals surface area contributed by atoms with Crippen LogP contribution < -0.4 is 32.3 Å². The molecule has 1 fully saturated rings. The van der Waals surface area contributed by atoms with Gasteiger partial charge in [0, 0.05) is 44.1 Å². The van der Waals surface area contributed by atoms with Crippen LogP contribution in [0, 0.1) is 11.8 Å². The molecule has 0 aromatic heterocycles. The van der Waals surface area contributed by atoms with Crippen molar-refractivity contribution in [2.24, 2.45) is 22.7 Å². The van der Waals surface area contributed by atoms with Gasteiger partial charge in [0.05, 0.1) is 0 Å². The molecular formula is C35H58N10O7. The Kier molecular flexibility index (Phi) is 19.5. The number of carbonyl (C=O) groups is 5. The fraction of sp³-hybridized carbons (Fsp3) is 0.686. The highest BCUT2D eigenvalue weighted by atomic mass is 16.4. The molecular weight excluding hydrogens is 672 g/mol. The van der Waals surface area contributed by atoms with Gasteiger partial charge in [0.25, 0.3) is 0 Å². The van der Waals surface area contributed by atoms with Crippen LogP contribution in [0.4, 0.5) is 0 Å². The van der Waals surface area contributed by atoms with E-state index in [2.05, 4.69) is 36.6 Å². The first-order chi connectivity index (χ1) is 24.8. The number of nitrogens with one attached hydrogen (secondary N) is 5. The van der Waals surface area contributed by atoms with Crippen LogP contribution in [-0.2, 0) is 30.4 Å². The number of phenolic OH excluding ortho intramolecular Hbond substituents is 1. The summed E-state index contributed by atoms with van der Waals surface area (Å²) < 4.78 is 0. The Hall–Kier alpha value is -4.44. The number of hydrogen-bond donors (Lipinski definition) is 8. The lowest BCUT2D eigenvalue weighted by Crippen LogP contribution is -2.59. The minimum Gasteiger partial charge on any atom is -0.508 e. The van der Waals surface area contributed by atoms with Gasteiger partial charge in [-0.25, -0.2) is 4.79 Å². The van der Waals surface area contributed by atoms with Crippen molar-refractivity contribution in [1.29, 1.82) is 0 Å². The van der Waals surface area contributed by atoms with Crippen LogP contribution in [0.1, 0.15) is 71.8 Å². The second kappa shape index (κ2) is 23.2. The molecule has 9 N–H and O–H groups in total. The third-order valence-electron chi connectivity index (χ3n) is 9.07. The number of azide groups is 1. The Labute approximate surface area is 305 Å². The molecule has 2 rings (SSSR count). The summed E-state index contributed by atoms with van der Waals surface area (Å²) >= 11 is 0. The molecule has 1 aliphatic heterocycles. The number of carboxylic acid groups (broad SMARTS) is 1. The number of benzene rings is 1. The maximum atomic E-state index is 13.9. The van der Waals surface area contributed by atoms with Gasteiger partial charge in [-0.05, 0) is 73.7 Å². The normalized spacial score (nSPS) is 17.0. The molecule has 0 bridgehead atoms. The summed E-state index contributed by atoms with van der Waals surface area (Å²) in [5.41, 5.74) is 15.3. The number of carbonyl (C=O) groups excluding carboxylic acids is 4. The second-order valence-corrected chi connectivity index (χ2v) is 13.7. The van der Waals surface area contributed by atoms with E-state index in [0.29, 0.717) is 57.4 Å². The van der Waals surface area contributed by atoms with Crippen molar-refractivity contribution in [3.63, 3.8) is 0 Å². The minimum atomic E-state index is -1.20. The summed E-state index contributed by atoms with van der Waals surface area (Å²) in [7, 11) is 0. The number of amides is 4. The first-order valence-corrected chi connectivity index (χ1v) is 18.2. The third-order valence-corrected chi connectivity index (χ3v) is 9.07. The maximum Gasteiger partial charge on any atom is 0.326 e. The number of aliphatic carboxylic acids is 1. The second-order valence-electron chi connectivity index (χ2n) is 13.7. The van der Waals surface area contributed by atoms with Crippen molar-refractivity contribution >= 4 is 29.6 Å². The van der Waals surface area contributed by atoms with E-state index in [9.17, 15) is 39.7 Å². The molecule has 1 aliphatic rings. The van der Waals surface area contributed by atoms with E-state index in [-0.39, 0.29) is 43.4 Å². The van der Waals surface area contributed by atoms with Crippen LogP contribution >= 0.6 is 0 Å². The highest BCUT2D eigenvalue weighted by molar-refractivity contribution is 5.96. The number of carboxylic acids is 1. The number of nitrogens with zero attached hydrogens (tertiary/aromatic N) is 4. The summed E-state index contributed by atoms with van der Waals surface area (Å²) in [6.45, 7) is 10.8. The lowest BCUT2D eigenvalue weighted by molar-refractivity contribution is -0.143. The van der Waals surface area contributed by atoms with Gasteiger partial charge >= 0.3 is 5.97 Å². The smallest absolute Gasteiger partial charge is 0.326 e. The van der Waals surface area contributed by atoms with Gasteiger partial charge < -0.3 is 47.4 Å². The largest absolute Gasteiger partial charge is 0.508 e. The quantitative estimate of drug-likeness (QED) is 0.0326. The first-order valence-electron chi connectivity index (χ1n) is 18.2. The molecule has 0 saturated carbocycles. The molecule has 1 aromatic carbocycles. The standard InChI is InChI=1S/C35H58N10O7/c1-5-23(4)30(33(49)41-28(35(51)52)20-22(2)3)42-31(47)27(21-24-10-12-25(46)13-11-24)40-32(48)29-9-7-19-45(29)34(50)26(43-44-37)8-6-15-38-17-18-39-16-14-36/h10-13,22-23,26-30,38-39,46H,5-9,14-21,36H2,1-4H3,(H,40,48)(H,41,49)(H,42,47)(H,51,52)/t23-,26?,27-,28-,29-,30-/m0/s1. The van der Waals surface area contributed by atoms with E-state index in [0.717, 1.165) is 6.54 Å². The van der Waals surface area contributed by atoms with E-state index >= 15 is 0 Å². The molecule has 52 heavy (non-hydrogen) atoms. The summed E-state index contributed by atoms with van der Waals surface area (Å²) in [6, 6.07) is 0.724. The van der Waals surface area contributed by atoms with Crippen LogP contribution in [-0.4, -0.2) is 114 Å². The molecule has 6 atom stereocenters. The average molecular weight is 731 g/mol. The lowest BCUT2D eigenvalue weighted by Gasteiger charge is -2.30. The molecule has 17 nitrogen and oxygen atoms in total. The Bertz CT molecular complexity index is 1360. The van der Waals surface area contributed by atoms with Gasteiger partial charge in [-0.3, -0.25) is 19.2 Å². The molecule has 0 aliphatic carbocycles. The number of rotatable bonds is 24.